The molecule has 5 aliphatic carbocycles. The molecule has 10 heterocycles. The first-order valence-corrected chi connectivity index (χ1v) is 56.0. The summed E-state index contributed by atoms with van der Waals surface area (Å²) in [7, 11) is -4.96. The summed E-state index contributed by atoms with van der Waals surface area (Å²) in [5.74, 6) is 4.07. The van der Waals surface area contributed by atoms with Crippen LogP contribution in [0.25, 0.3) is 54.8 Å². The van der Waals surface area contributed by atoms with Gasteiger partial charge in [-0.05, 0) is 312 Å². The van der Waals surface area contributed by atoms with Crippen molar-refractivity contribution in [1.82, 2.24) is 0 Å². The number of para-hydroxylation sites is 10. The summed E-state index contributed by atoms with van der Waals surface area (Å²) >= 11 is 2.07. The van der Waals surface area contributed by atoms with Gasteiger partial charge in [0.05, 0.1) is 71.0 Å². The van der Waals surface area contributed by atoms with Crippen molar-refractivity contribution in [2.45, 2.75) is 199 Å². The van der Waals surface area contributed by atoms with Gasteiger partial charge in [0.2, 0.25) is 33.4 Å². The van der Waals surface area contributed by atoms with Gasteiger partial charge in [0.25, 0.3) is 0 Å². The monoisotopic (exact) mass is 1990 g/mol. The Hall–Kier alpha value is -14.0. The first-order chi connectivity index (χ1) is 70.2. The van der Waals surface area contributed by atoms with E-state index >= 15 is 0 Å². The molecule has 5 aliphatic heterocycles. The summed E-state index contributed by atoms with van der Waals surface area (Å²) in [4.78, 5) is 16.1. The number of aryl methyl sites for hydroxylation is 5. The number of hydrogen-bond acceptors (Lipinski definition) is 14. The van der Waals surface area contributed by atoms with Crippen molar-refractivity contribution >= 4 is 197 Å². The maximum atomic E-state index is 13.6. The predicted octanol–water partition coefficient (Wildman–Crippen LogP) is 32.4. The summed E-state index contributed by atoms with van der Waals surface area (Å²) in [6.45, 7) is 11.1. The van der Waals surface area contributed by atoms with Crippen LogP contribution in [0, 0.1) is 34.6 Å². The zero-order chi connectivity index (χ0) is 96.0. The third-order valence-electron chi connectivity index (χ3n) is 31.1. The van der Waals surface area contributed by atoms with E-state index in [0.717, 1.165) is 130 Å². The molecule has 10 aliphatic rings. The third-order valence-corrected chi connectivity index (χ3v) is 38.1. The standard InChI is InChI=1S/C26H23NO.C25H21NO3S.C25H21NO2S.C25H21NOS.C25H21NOSe/c1-17-14-15-24(20-10-4-3-9-19(17)20)27-23-12-6-2-8-18(23)16-22-21-11-5-7-13-25(21)28-26(22)27;1-16-14-15-20(18-9-3-2-8-17(16)18)26-21-11-5-7-13-23(21)30(27,28)24-19-10-4-6-12-22(19)29-25(24)26;1-16-14-15-20(18-9-3-2-8-17(16)18)26-21-11-5-7-13-23(21)29(27)24-19-10-4-6-12-22(19)28-25(24)26;2*1-16-14-15-20(18-9-3-2-8-17(16)18)26-21-11-5-7-13-23(21)28-24-19-10-4-6-12-22(19)27-25(24)26/h2,5-8,11-15H,3-4,9-10,16H2,1H3;4-7,10-15H,2-3,8-9H2,1H3;4-7,10-15H,2-3,8-9H2,1H3;2*4-7,10-15H,2-3,8-9H2,1H3. The second kappa shape index (κ2) is 36.4. The van der Waals surface area contributed by atoms with Gasteiger partial charge in [-0.1, -0.05) is 145 Å². The second-order valence-corrected chi connectivity index (χ2v) is 46.0. The van der Waals surface area contributed by atoms with E-state index in [0.29, 0.717) is 33.3 Å². The zero-order valence-electron chi connectivity index (χ0n) is 80.9. The number of fused-ring (bicyclic) bond motifs is 25. The minimum atomic E-state index is -3.69. The van der Waals surface area contributed by atoms with Gasteiger partial charge < -0.3 is 17.7 Å². The van der Waals surface area contributed by atoms with Crippen LogP contribution >= 0.6 is 11.8 Å². The molecule has 0 bridgehead atoms. The van der Waals surface area contributed by atoms with Gasteiger partial charge in [0.15, 0.2) is 0 Å². The fourth-order valence-corrected chi connectivity index (χ4v) is 30.9. The number of furan rings is 5. The number of nitrogens with zero attached hydrogens (tertiary/aromatic N) is 5. The normalized spacial score (nSPS) is 16.1. The molecule has 20 aromatic rings. The van der Waals surface area contributed by atoms with E-state index in [9.17, 15) is 12.6 Å². The molecule has 0 amide bonds. The van der Waals surface area contributed by atoms with Crippen molar-refractivity contribution in [1.29, 1.82) is 0 Å². The maximum absolute atomic E-state index is 13.6. The quantitative estimate of drug-likeness (QED) is 0.151. The van der Waals surface area contributed by atoms with E-state index in [-0.39, 0.29) is 19.9 Å². The SMILES string of the molecule is Cc1ccc(N2c3ccccc3Cc3c2oc2ccccc32)c2c1CCCC2.Cc1ccc(N2c3ccccc3S(=O)(=O)c3c2oc2ccccc32)c2c1CCCC2.Cc1ccc(N2c3ccccc3S(=O)c3c2oc2ccccc32)c2c1CCCC2.Cc1ccc(N2c3ccccc3Sc3c2oc2ccccc32)c2c1CCCC2.Cc1ccc(N2c3ccccc3[Se]c3c2oc2ccccc32)c2c1CCCC2. The fraction of sp³-hybridized carbons (Fsp3) is 0.206. The molecule has 1 unspecified atom stereocenters. The minimum absolute atomic E-state index is 0.250. The molecule has 13 nitrogen and oxygen atoms in total. The molecule has 1 atom stereocenters. The summed E-state index contributed by atoms with van der Waals surface area (Å²) in [5, 5.41) is 5.26. The molecule has 30 rings (SSSR count). The van der Waals surface area contributed by atoms with Gasteiger partial charge in [0.1, 0.15) is 32.1 Å². The average Bonchev–Trinajstić information content (AvgIpc) is 1.53. The molecule has 0 N–H and O–H groups in total. The molecule has 15 aromatic carbocycles. The summed E-state index contributed by atoms with van der Waals surface area (Å²) in [6.07, 6.45) is 24.7. The van der Waals surface area contributed by atoms with E-state index in [1.807, 2.05) is 102 Å². The molecule has 5 aromatic heterocycles. The van der Waals surface area contributed by atoms with Crippen LogP contribution in [0.4, 0.5) is 86.3 Å². The molecule has 0 saturated carbocycles. The van der Waals surface area contributed by atoms with Crippen LogP contribution in [0.2, 0.25) is 0 Å². The summed E-state index contributed by atoms with van der Waals surface area (Å²) in [6, 6.07) is 105. The Morgan fingerprint density at radius 3 is 1.17 bits per heavy atom. The van der Waals surface area contributed by atoms with Gasteiger partial charge in [0, 0.05) is 38.4 Å². The first kappa shape index (κ1) is 89.1. The van der Waals surface area contributed by atoms with E-state index < -0.39 is 20.6 Å². The van der Waals surface area contributed by atoms with Crippen LogP contribution < -0.4 is 33.4 Å². The Bertz CT molecular complexity index is 8270. The zero-order valence-corrected chi connectivity index (χ0v) is 85.0. The first-order valence-electron chi connectivity index (χ1n) is 50.8. The molecule has 0 spiro atoms. The van der Waals surface area contributed by atoms with E-state index in [4.69, 9.17) is 22.1 Å². The fourth-order valence-electron chi connectivity index (χ4n) is 24.3. The number of sulfone groups is 1. The van der Waals surface area contributed by atoms with E-state index in [2.05, 4.69) is 260 Å². The molecule has 0 radical (unpaired) electrons. The van der Waals surface area contributed by atoms with Crippen molar-refractivity contribution in [3.8, 4) is 0 Å². The van der Waals surface area contributed by atoms with Crippen molar-refractivity contribution < 1.29 is 34.7 Å². The molecule has 0 fully saturated rings. The Morgan fingerprint density at radius 2 is 0.629 bits per heavy atom. The number of rotatable bonds is 5. The topological polar surface area (TPSA) is 133 Å². The van der Waals surface area contributed by atoms with Crippen LogP contribution in [0.1, 0.15) is 159 Å². The molecular formula is C126H107N5O8S3Se. The van der Waals surface area contributed by atoms with Crippen molar-refractivity contribution in [2.24, 2.45) is 0 Å². The van der Waals surface area contributed by atoms with Crippen molar-refractivity contribution in [3.63, 3.8) is 0 Å². The van der Waals surface area contributed by atoms with Crippen molar-refractivity contribution in [2.75, 3.05) is 24.5 Å². The Morgan fingerprint density at radius 1 is 0.280 bits per heavy atom. The van der Waals surface area contributed by atoms with Crippen LogP contribution in [0.5, 0.6) is 0 Å². The average molecular weight is 1990 g/mol. The number of benzene rings is 15. The third kappa shape index (κ3) is 15.0. The molecule has 17 heteroatoms. The van der Waals surface area contributed by atoms with E-state index in [1.54, 1.807) is 23.3 Å². The molecular weight excluding hydrogens is 1890 g/mol. The summed E-state index contributed by atoms with van der Waals surface area (Å²) in [5.41, 5.74) is 40.1. The van der Waals surface area contributed by atoms with Gasteiger partial charge in [-0.25, -0.2) is 12.6 Å². The van der Waals surface area contributed by atoms with Gasteiger partial charge in [-0.2, -0.15) is 0 Å². The molecule has 0 saturated heterocycles. The molecule has 143 heavy (non-hydrogen) atoms. The Kier molecular flexibility index (Phi) is 22.7. The second-order valence-electron chi connectivity index (χ2n) is 39.5. The Balaban J connectivity index is 0.0000000914. The van der Waals surface area contributed by atoms with Crippen LogP contribution in [0.15, 0.2) is 355 Å². The number of anilines is 15. The van der Waals surface area contributed by atoms with Crippen LogP contribution in [0.3, 0.4) is 0 Å². The Labute approximate surface area is 846 Å². The molecule has 708 valence electrons. The van der Waals surface area contributed by atoms with Gasteiger partial charge in [-0.3, -0.25) is 19.6 Å². The van der Waals surface area contributed by atoms with Gasteiger partial charge in [-0.15, -0.1) is 0 Å². The predicted molar refractivity (Wildman–Crippen MR) is 583 cm³/mol. The van der Waals surface area contributed by atoms with Crippen LogP contribution in [-0.4, -0.2) is 27.6 Å². The summed E-state index contributed by atoms with van der Waals surface area (Å²) < 4.78 is 75.5. The van der Waals surface area contributed by atoms with Gasteiger partial charge >= 0.3 is 171 Å². The van der Waals surface area contributed by atoms with E-state index in [1.165, 1.54) is 229 Å². The van der Waals surface area contributed by atoms with Crippen molar-refractivity contribution in [3.05, 3.63) is 398 Å². The number of hydrogen-bond donors (Lipinski definition) is 0. The van der Waals surface area contributed by atoms with Crippen LogP contribution in [-0.2, 0) is 91.3 Å².